The average molecular weight is 206 g/mol. The molecule has 1 aromatic heterocycles. The van der Waals surface area contributed by atoms with Gasteiger partial charge in [0.05, 0.1) is 0 Å². The summed E-state index contributed by atoms with van der Waals surface area (Å²) in [4.78, 5) is 14.2. The Morgan fingerprint density at radius 1 is 1.33 bits per heavy atom. The van der Waals surface area contributed by atoms with Gasteiger partial charge in [0.15, 0.2) is 0 Å². The van der Waals surface area contributed by atoms with Crippen molar-refractivity contribution in [3.05, 3.63) is 33.2 Å². The van der Waals surface area contributed by atoms with E-state index in [2.05, 4.69) is 18.9 Å². The van der Waals surface area contributed by atoms with E-state index in [0.29, 0.717) is 0 Å². The predicted molar refractivity (Wildman–Crippen MR) is 61.1 cm³/mol. The maximum absolute atomic E-state index is 11.9. The summed E-state index contributed by atoms with van der Waals surface area (Å²) in [5.74, 6) is 0. The fraction of sp³-hybridized carbons (Fsp3) is 0.583. The third-order valence-corrected chi connectivity index (χ3v) is 3.23. The lowest BCUT2D eigenvalue weighted by molar-refractivity contribution is 0.309. The molecule has 0 bridgehead atoms. The molecule has 0 saturated carbocycles. The zero-order chi connectivity index (χ0) is 11.0. The van der Waals surface area contributed by atoms with Crippen LogP contribution in [0.2, 0.25) is 0 Å². The van der Waals surface area contributed by atoms with Crippen molar-refractivity contribution in [3.63, 3.8) is 0 Å². The Morgan fingerprint density at radius 2 is 2.07 bits per heavy atom. The first-order valence-electron chi connectivity index (χ1n) is 5.52. The minimum Gasteiger partial charge on any atom is -0.318 e. The maximum atomic E-state index is 11.9. The number of pyridine rings is 1. The zero-order valence-electron chi connectivity index (χ0n) is 9.71. The second-order valence-corrected chi connectivity index (χ2v) is 4.37. The van der Waals surface area contributed by atoms with Gasteiger partial charge in [0.1, 0.15) is 0 Å². The summed E-state index contributed by atoms with van der Waals surface area (Å²) in [6, 6.07) is 0. The molecule has 15 heavy (non-hydrogen) atoms. The minimum absolute atomic E-state index is 0.190. The van der Waals surface area contributed by atoms with Gasteiger partial charge >= 0.3 is 0 Å². The van der Waals surface area contributed by atoms with E-state index in [4.69, 9.17) is 0 Å². The van der Waals surface area contributed by atoms with Gasteiger partial charge < -0.3 is 9.47 Å². The van der Waals surface area contributed by atoms with Crippen LogP contribution in [-0.4, -0.2) is 23.1 Å². The second kappa shape index (κ2) is 3.81. The van der Waals surface area contributed by atoms with Gasteiger partial charge in [-0.1, -0.05) is 6.92 Å². The van der Waals surface area contributed by atoms with Gasteiger partial charge in [-0.25, -0.2) is 0 Å². The van der Waals surface area contributed by atoms with Crippen LogP contribution in [0.3, 0.4) is 0 Å². The highest BCUT2D eigenvalue weighted by atomic mass is 16.1. The second-order valence-electron chi connectivity index (χ2n) is 4.37. The van der Waals surface area contributed by atoms with Crippen molar-refractivity contribution in [1.29, 1.82) is 0 Å². The first-order chi connectivity index (χ1) is 7.13. The van der Waals surface area contributed by atoms with Crippen LogP contribution in [0.1, 0.15) is 23.6 Å². The molecule has 82 valence electrons. The van der Waals surface area contributed by atoms with Crippen LogP contribution in [-0.2, 0) is 26.4 Å². The summed E-state index contributed by atoms with van der Waals surface area (Å²) in [6.45, 7) is 4.07. The largest absolute Gasteiger partial charge is 0.318 e. The number of hydrogen-bond donors (Lipinski definition) is 0. The summed E-state index contributed by atoms with van der Waals surface area (Å²) >= 11 is 0. The molecule has 0 spiro atoms. The lowest BCUT2D eigenvalue weighted by atomic mass is 9.96. The van der Waals surface area contributed by atoms with Crippen LogP contribution >= 0.6 is 0 Å². The van der Waals surface area contributed by atoms with Gasteiger partial charge in [0.25, 0.3) is 5.56 Å². The van der Waals surface area contributed by atoms with Crippen LogP contribution in [0.5, 0.6) is 0 Å². The maximum Gasteiger partial charge on any atom is 0.253 e. The molecule has 3 heteroatoms. The first kappa shape index (κ1) is 10.4. The van der Waals surface area contributed by atoms with E-state index in [1.807, 2.05) is 13.2 Å². The smallest absolute Gasteiger partial charge is 0.253 e. The predicted octanol–water partition coefficient (Wildman–Crippen LogP) is 0.936. The molecule has 0 amide bonds. The fourth-order valence-corrected chi connectivity index (χ4v) is 2.32. The van der Waals surface area contributed by atoms with Gasteiger partial charge in [-0.3, -0.25) is 4.79 Å². The summed E-state index contributed by atoms with van der Waals surface area (Å²) in [7, 11) is 3.96. The number of likely N-dealkylation sites (N-methyl/N-ethyl adjacent to an activating group) is 1. The lowest BCUT2D eigenvalue weighted by Gasteiger charge is -2.26. The number of nitrogens with zero attached hydrogens (tertiary/aromatic N) is 2. The van der Waals surface area contributed by atoms with Crippen LogP contribution in [0, 0.1) is 0 Å². The Labute approximate surface area is 90.3 Å². The van der Waals surface area contributed by atoms with Gasteiger partial charge in [-0.05, 0) is 31.0 Å². The molecule has 1 aliphatic rings. The van der Waals surface area contributed by atoms with E-state index < -0.39 is 0 Å². The van der Waals surface area contributed by atoms with Crippen molar-refractivity contribution < 1.29 is 0 Å². The third-order valence-electron chi connectivity index (χ3n) is 3.23. The Hall–Kier alpha value is -1.09. The average Bonchev–Trinajstić information content (AvgIpc) is 2.23. The van der Waals surface area contributed by atoms with E-state index in [0.717, 1.165) is 31.5 Å². The summed E-state index contributed by atoms with van der Waals surface area (Å²) < 4.78 is 1.73. The van der Waals surface area contributed by atoms with Crippen molar-refractivity contribution in [2.24, 2.45) is 7.05 Å². The molecule has 0 unspecified atom stereocenters. The Bertz CT molecular complexity index is 434. The lowest BCUT2D eigenvalue weighted by Crippen LogP contribution is -2.34. The van der Waals surface area contributed by atoms with Crippen LogP contribution in [0.25, 0.3) is 0 Å². The molecule has 0 N–H and O–H groups in total. The number of fused-ring (bicyclic) bond motifs is 1. The molecule has 0 aromatic carbocycles. The fourth-order valence-electron chi connectivity index (χ4n) is 2.32. The summed E-state index contributed by atoms with van der Waals surface area (Å²) in [5.41, 5.74) is 3.82. The molecular weight excluding hydrogens is 188 g/mol. The number of aryl methyl sites for hydroxylation is 2. The van der Waals surface area contributed by atoms with Crippen LogP contribution in [0.4, 0.5) is 0 Å². The Kier molecular flexibility index (Phi) is 2.65. The molecule has 1 aromatic rings. The SMILES string of the molecule is CCc1cn(C)c(=O)c2c1CN(C)CC2. The molecule has 0 fully saturated rings. The van der Waals surface area contributed by atoms with Crippen molar-refractivity contribution >= 4 is 0 Å². The standard InChI is InChI=1S/C12H18N2O/c1-4-9-7-14(3)12(15)10-5-6-13(2)8-11(9)10/h7H,4-6,8H2,1-3H3. The topological polar surface area (TPSA) is 25.2 Å². The van der Waals surface area contributed by atoms with Gasteiger partial charge in [-0.2, -0.15) is 0 Å². The van der Waals surface area contributed by atoms with E-state index in [9.17, 15) is 4.79 Å². The van der Waals surface area contributed by atoms with Crippen LogP contribution < -0.4 is 5.56 Å². The molecule has 0 atom stereocenters. The molecular formula is C12H18N2O. The molecule has 0 radical (unpaired) electrons. The highest BCUT2D eigenvalue weighted by molar-refractivity contribution is 5.34. The Morgan fingerprint density at radius 3 is 2.73 bits per heavy atom. The minimum atomic E-state index is 0.190. The third kappa shape index (κ3) is 1.72. The van der Waals surface area contributed by atoms with Crippen molar-refractivity contribution in [1.82, 2.24) is 9.47 Å². The van der Waals surface area contributed by atoms with Crippen molar-refractivity contribution in [3.8, 4) is 0 Å². The normalized spacial score (nSPS) is 16.5. The van der Waals surface area contributed by atoms with Crippen molar-refractivity contribution in [2.45, 2.75) is 26.3 Å². The highest BCUT2D eigenvalue weighted by Crippen LogP contribution is 2.19. The van der Waals surface area contributed by atoms with Crippen molar-refractivity contribution in [2.75, 3.05) is 13.6 Å². The summed E-state index contributed by atoms with van der Waals surface area (Å²) in [6.07, 6.45) is 3.89. The van der Waals surface area contributed by atoms with Gasteiger partial charge in [0, 0.05) is 31.9 Å². The van der Waals surface area contributed by atoms with E-state index >= 15 is 0 Å². The van der Waals surface area contributed by atoms with E-state index in [1.165, 1.54) is 11.1 Å². The molecule has 2 heterocycles. The number of hydrogen-bond acceptors (Lipinski definition) is 2. The molecule has 0 aliphatic carbocycles. The monoisotopic (exact) mass is 206 g/mol. The zero-order valence-corrected chi connectivity index (χ0v) is 9.71. The highest BCUT2D eigenvalue weighted by Gasteiger charge is 2.19. The molecule has 1 aliphatic heterocycles. The molecule has 3 nitrogen and oxygen atoms in total. The van der Waals surface area contributed by atoms with E-state index in [-0.39, 0.29) is 5.56 Å². The number of aromatic nitrogens is 1. The summed E-state index contributed by atoms with van der Waals surface area (Å²) in [5, 5.41) is 0. The van der Waals surface area contributed by atoms with Crippen LogP contribution in [0.15, 0.2) is 11.0 Å². The number of rotatable bonds is 1. The van der Waals surface area contributed by atoms with Gasteiger partial charge in [0.2, 0.25) is 0 Å². The molecule has 2 rings (SSSR count). The van der Waals surface area contributed by atoms with E-state index in [1.54, 1.807) is 4.57 Å². The first-order valence-corrected chi connectivity index (χ1v) is 5.52. The quantitative estimate of drug-likeness (QED) is 0.683. The Balaban J connectivity index is 2.62. The van der Waals surface area contributed by atoms with Gasteiger partial charge in [-0.15, -0.1) is 0 Å². The molecule has 0 saturated heterocycles.